The van der Waals surface area contributed by atoms with Crippen molar-refractivity contribution in [2.75, 3.05) is 6.26 Å². The van der Waals surface area contributed by atoms with Crippen molar-refractivity contribution in [3.05, 3.63) is 57.0 Å². The third-order valence-electron chi connectivity index (χ3n) is 3.09. The van der Waals surface area contributed by atoms with Crippen LogP contribution in [0.4, 0.5) is 0 Å². The van der Waals surface area contributed by atoms with Crippen LogP contribution in [0.2, 0.25) is 5.02 Å². The molecule has 1 aromatic carbocycles. The van der Waals surface area contributed by atoms with Crippen molar-refractivity contribution in [1.82, 2.24) is 15.0 Å². The molecular formula is C14H12ClN3OS. The monoisotopic (exact) mass is 305 g/mol. The highest BCUT2D eigenvalue weighted by atomic mass is 35.5. The van der Waals surface area contributed by atoms with E-state index in [0.717, 1.165) is 16.6 Å². The van der Waals surface area contributed by atoms with Gasteiger partial charge in [-0.05, 0) is 24.0 Å². The molecule has 0 amide bonds. The minimum atomic E-state index is -0.137. The van der Waals surface area contributed by atoms with Crippen LogP contribution in [0.3, 0.4) is 0 Å². The van der Waals surface area contributed by atoms with Crippen molar-refractivity contribution < 1.29 is 0 Å². The van der Waals surface area contributed by atoms with Gasteiger partial charge in [-0.3, -0.25) is 9.78 Å². The number of nitrogens with one attached hydrogen (secondary N) is 2. The smallest absolute Gasteiger partial charge is 0.275 e. The molecule has 0 saturated heterocycles. The number of hydrogen-bond donors (Lipinski definition) is 2. The second-order valence-corrected chi connectivity index (χ2v) is 5.65. The molecule has 0 unspecified atom stereocenters. The molecule has 0 aliphatic rings. The number of thioether (sulfide) groups is 1. The molecule has 0 aliphatic carbocycles. The predicted octanol–water partition coefficient (Wildman–Crippen LogP) is 3.22. The Balaban J connectivity index is 2.05. The third-order valence-corrected chi connectivity index (χ3v) is 3.93. The summed E-state index contributed by atoms with van der Waals surface area (Å²) in [6.45, 7) is 0. The average molecular weight is 306 g/mol. The molecule has 2 aromatic heterocycles. The Bertz CT molecular complexity index is 807. The van der Waals surface area contributed by atoms with Gasteiger partial charge in [0.1, 0.15) is 11.0 Å². The normalized spacial score (nSPS) is 11.1. The van der Waals surface area contributed by atoms with Crippen LogP contribution >= 0.6 is 23.4 Å². The van der Waals surface area contributed by atoms with E-state index in [1.807, 2.05) is 36.7 Å². The van der Waals surface area contributed by atoms with Crippen molar-refractivity contribution in [2.45, 2.75) is 11.6 Å². The van der Waals surface area contributed by atoms with Crippen LogP contribution in [0.25, 0.3) is 11.0 Å². The lowest BCUT2D eigenvalue weighted by atomic mass is 10.1. The first-order valence-corrected chi connectivity index (χ1v) is 7.66. The maximum atomic E-state index is 11.9. The van der Waals surface area contributed by atoms with Gasteiger partial charge in [-0.1, -0.05) is 35.5 Å². The minimum absolute atomic E-state index is 0.137. The number of rotatable bonds is 3. The van der Waals surface area contributed by atoms with Gasteiger partial charge in [-0.25, -0.2) is 4.98 Å². The van der Waals surface area contributed by atoms with Gasteiger partial charge in [-0.2, -0.15) is 0 Å². The van der Waals surface area contributed by atoms with E-state index in [9.17, 15) is 4.79 Å². The summed E-state index contributed by atoms with van der Waals surface area (Å²) in [5.41, 5.74) is 3.24. The zero-order valence-electron chi connectivity index (χ0n) is 10.7. The molecule has 0 spiro atoms. The fourth-order valence-electron chi connectivity index (χ4n) is 2.10. The second kappa shape index (κ2) is 5.34. The number of H-pyrrole nitrogens is 2. The molecule has 0 aliphatic heterocycles. The molecule has 0 radical (unpaired) electrons. The quantitative estimate of drug-likeness (QED) is 0.577. The summed E-state index contributed by atoms with van der Waals surface area (Å²) in [5, 5.41) is 1.34. The average Bonchev–Trinajstić information content (AvgIpc) is 2.85. The second-order valence-electron chi connectivity index (χ2n) is 4.42. The molecule has 2 heterocycles. The molecule has 4 nitrogen and oxygen atoms in total. The van der Waals surface area contributed by atoms with E-state index in [-0.39, 0.29) is 5.56 Å². The summed E-state index contributed by atoms with van der Waals surface area (Å²) in [5.74, 6) is 0. The van der Waals surface area contributed by atoms with E-state index in [1.165, 1.54) is 11.8 Å². The summed E-state index contributed by atoms with van der Waals surface area (Å²) in [6, 6.07) is 7.67. The summed E-state index contributed by atoms with van der Waals surface area (Å²) in [6.07, 6.45) is 4.43. The van der Waals surface area contributed by atoms with Crippen LogP contribution in [0.1, 0.15) is 11.1 Å². The van der Waals surface area contributed by atoms with Gasteiger partial charge in [0.25, 0.3) is 5.56 Å². The van der Waals surface area contributed by atoms with E-state index in [1.54, 1.807) is 0 Å². The molecule has 3 aromatic rings. The Morgan fingerprint density at radius 2 is 2.05 bits per heavy atom. The highest BCUT2D eigenvalue weighted by molar-refractivity contribution is 7.98. The number of halogens is 1. The van der Waals surface area contributed by atoms with Crippen molar-refractivity contribution in [2.24, 2.45) is 0 Å². The summed E-state index contributed by atoms with van der Waals surface area (Å²) >= 11 is 7.30. The summed E-state index contributed by atoms with van der Waals surface area (Å²) in [4.78, 5) is 22.1. The van der Waals surface area contributed by atoms with Crippen molar-refractivity contribution in [3.63, 3.8) is 0 Å². The van der Waals surface area contributed by atoms with Gasteiger partial charge in [0.15, 0.2) is 5.16 Å². The van der Waals surface area contributed by atoms with E-state index < -0.39 is 0 Å². The zero-order valence-corrected chi connectivity index (χ0v) is 12.3. The lowest BCUT2D eigenvalue weighted by Gasteiger charge is -2.01. The van der Waals surface area contributed by atoms with Gasteiger partial charge in [-0.15, -0.1) is 0 Å². The fourth-order valence-corrected chi connectivity index (χ4v) is 2.60. The van der Waals surface area contributed by atoms with E-state index in [0.29, 0.717) is 22.1 Å². The minimum Gasteiger partial charge on any atom is -0.355 e. The highest BCUT2D eigenvalue weighted by Gasteiger charge is 2.10. The Morgan fingerprint density at radius 3 is 2.75 bits per heavy atom. The van der Waals surface area contributed by atoms with Gasteiger partial charge < -0.3 is 4.98 Å². The van der Waals surface area contributed by atoms with E-state index in [2.05, 4.69) is 15.0 Å². The molecule has 0 saturated carbocycles. The maximum absolute atomic E-state index is 11.9. The van der Waals surface area contributed by atoms with Gasteiger partial charge in [0.2, 0.25) is 0 Å². The summed E-state index contributed by atoms with van der Waals surface area (Å²) in [7, 11) is 0. The van der Waals surface area contributed by atoms with Crippen molar-refractivity contribution in [1.29, 1.82) is 0 Å². The van der Waals surface area contributed by atoms with Crippen LogP contribution in [0.5, 0.6) is 0 Å². The number of aromatic nitrogens is 3. The topological polar surface area (TPSA) is 61.5 Å². The lowest BCUT2D eigenvalue weighted by molar-refractivity contribution is 0.972. The Morgan fingerprint density at radius 1 is 1.30 bits per heavy atom. The number of benzene rings is 1. The van der Waals surface area contributed by atoms with Gasteiger partial charge in [0, 0.05) is 23.2 Å². The number of fused-ring (bicyclic) bond motifs is 1. The molecule has 0 fully saturated rings. The van der Waals surface area contributed by atoms with Gasteiger partial charge in [0.05, 0.1) is 0 Å². The Labute approximate surface area is 124 Å². The van der Waals surface area contributed by atoms with E-state index in [4.69, 9.17) is 11.6 Å². The SMILES string of the molecule is CSc1nc2c(Cc3ccc(Cl)cc3)c[nH]c2c(=O)[nH]1. The Hall–Kier alpha value is -1.72. The Kier molecular flexibility index (Phi) is 3.54. The largest absolute Gasteiger partial charge is 0.355 e. The predicted molar refractivity (Wildman–Crippen MR) is 82.8 cm³/mol. The van der Waals surface area contributed by atoms with Crippen molar-refractivity contribution in [3.8, 4) is 0 Å². The van der Waals surface area contributed by atoms with Gasteiger partial charge >= 0.3 is 0 Å². The number of aromatic amines is 2. The first kappa shape index (κ1) is 13.3. The molecule has 2 N–H and O–H groups in total. The number of hydrogen-bond acceptors (Lipinski definition) is 3. The van der Waals surface area contributed by atoms with Crippen LogP contribution < -0.4 is 5.56 Å². The maximum Gasteiger partial charge on any atom is 0.275 e. The summed E-state index contributed by atoms with van der Waals surface area (Å²) < 4.78 is 0. The first-order valence-electron chi connectivity index (χ1n) is 6.06. The van der Waals surface area contributed by atoms with Crippen LogP contribution in [0.15, 0.2) is 40.4 Å². The van der Waals surface area contributed by atoms with Crippen LogP contribution in [-0.2, 0) is 6.42 Å². The fraction of sp³-hybridized carbons (Fsp3) is 0.143. The standard InChI is InChI=1S/C14H12ClN3OS/c1-20-14-17-11-9(7-16-12(11)13(19)18-14)6-8-2-4-10(15)5-3-8/h2-5,7,16H,6H2,1H3,(H,17,18,19). The molecule has 0 atom stereocenters. The zero-order chi connectivity index (χ0) is 14.1. The molecule has 0 bridgehead atoms. The lowest BCUT2D eigenvalue weighted by Crippen LogP contribution is -2.08. The molecule has 3 rings (SSSR count). The first-order chi connectivity index (χ1) is 9.67. The molecule has 6 heteroatoms. The third kappa shape index (κ3) is 2.46. The van der Waals surface area contributed by atoms with Crippen LogP contribution in [-0.4, -0.2) is 21.2 Å². The molecule has 20 heavy (non-hydrogen) atoms. The van der Waals surface area contributed by atoms with Crippen LogP contribution in [0, 0.1) is 0 Å². The van der Waals surface area contributed by atoms with Crippen molar-refractivity contribution >= 4 is 34.4 Å². The van der Waals surface area contributed by atoms with E-state index >= 15 is 0 Å². The number of nitrogens with zero attached hydrogens (tertiary/aromatic N) is 1. The molecular weight excluding hydrogens is 294 g/mol. The molecule has 102 valence electrons. The highest BCUT2D eigenvalue weighted by Crippen LogP contribution is 2.20.